The summed E-state index contributed by atoms with van der Waals surface area (Å²) >= 11 is 0. The molecule has 1 heterocycles. The van der Waals surface area contributed by atoms with Crippen LogP contribution in [0.15, 0.2) is 18.2 Å². The predicted octanol–water partition coefficient (Wildman–Crippen LogP) is 2.83. The highest BCUT2D eigenvalue weighted by molar-refractivity contribution is 5.19. The highest BCUT2D eigenvalue weighted by Crippen LogP contribution is 2.20. The monoisotopic (exact) mass is 256 g/mol. The molecule has 1 fully saturated rings. The normalized spacial score (nSPS) is 21.8. The first-order valence-corrected chi connectivity index (χ1v) is 6.39. The first kappa shape index (κ1) is 13.4. The average molecular weight is 256 g/mol. The molecule has 1 saturated heterocycles. The van der Waals surface area contributed by atoms with E-state index in [4.69, 9.17) is 4.74 Å². The second kappa shape index (κ2) is 6.25. The van der Waals surface area contributed by atoms with Crippen molar-refractivity contribution in [1.29, 1.82) is 0 Å². The molecule has 100 valence electrons. The zero-order valence-electron chi connectivity index (χ0n) is 10.2. The van der Waals surface area contributed by atoms with Gasteiger partial charge in [0.25, 0.3) is 0 Å². The third-order valence-corrected chi connectivity index (χ3v) is 3.30. The van der Waals surface area contributed by atoms with Crippen molar-refractivity contribution in [3.8, 4) is 0 Å². The standard InChI is InChI=1S/C14H18F2O2/c15-13-6-3-4-10(14(13)16)8-11(17)9-12-5-1-2-7-18-12/h3-4,6,11-12,17H,1-2,5,7-9H2. The summed E-state index contributed by atoms with van der Waals surface area (Å²) < 4.78 is 31.9. The van der Waals surface area contributed by atoms with E-state index in [1.165, 1.54) is 12.1 Å². The summed E-state index contributed by atoms with van der Waals surface area (Å²) in [5.41, 5.74) is 0.221. The average Bonchev–Trinajstić information content (AvgIpc) is 2.36. The Kier molecular flexibility index (Phi) is 4.66. The minimum absolute atomic E-state index is 0.0466. The van der Waals surface area contributed by atoms with Gasteiger partial charge in [0.2, 0.25) is 0 Å². The number of aliphatic hydroxyl groups is 1. The maximum Gasteiger partial charge on any atom is 0.162 e. The largest absolute Gasteiger partial charge is 0.393 e. The molecule has 1 aromatic rings. The Balaban J connectivity index is 1.90. The molecule has 1 aliphatic rings. The van der Waals surface area contributed by atoms with E-state index in [0.29, 0.717) is 6.42 Å². The summed E-state index contributed by atoms with van der Waals surface area (Å²) in [6.07, 6.45) is 3.06. The number of halogens is 2. The Morgan fingerprint density at radius 1 is 1.33 bits per heavy atom. The molecule has 0 aliphatic carbocycles. The van der Waals surface area contributed by atoms with Crippen LogP contribution in [0.1, 0.15) is 31.2 Å². The fourth-order valence-electron chi connectivity index (χ4n) is 2.34. The van der Waals surface area contributed by atoms with Crippen molar-refractivity contribution in [2.45, 2.75) is 44.3 Å². The molecule has 2 rings (SSSR count). The molecule has 0 amide bonds. The van der Waals surface area contributed by atoms with Gasteiger partial charge in [-0.2, -0.15) is 0 Å². The van der Waals surface area contributed by atoms with Crippen molar-refractivity contribution < 1.29 is 18.6 Å². The van der Waals surface area contributed by atoms with E-state index in [1.807, 2.05) is 0 Å². The highest BCUT2D eigenvalue weighted by atomic mass is 19.2. The van der Waals surface area contributed by atoms with Gasteiger partial charge in [0.15, 0.2) is 11.6 Å². The fraction of sp³-hybridized carbons (Fsp3) is 0.571. The van der Waals surface area contributed by atoms with Gasteiger partial charge in [-0.1, -0.05) is 12.1 Å². The van der Waals surface area contributed by atoms with Crippen LogP contribution in [0.25, 0.3) is 0 Å². The van der Waals surface area contributed by atoms with Crippen molar-refractivity contribution in [1.82, 2.24) is 0 Å². The molecule has 1 aromatic carbocycles. The van der Waals surface area contributed by atoms with Crippen molar-refractivity contribution in [3.05, 3.63) is 35.4 Å². The van der Waals surface area contributed by atoms with Gasteiger partial charge in [0, 0.05) is 13.0 Å². The molecular formula is C14H18F2O2. The Morgan fingerprint density at radius 2 is 2.17 bits per heavy atom. The van der Waals surface area contributed by atoms with Gasteiger partial charge in [-0.15, -0.1) is 0 Å². The molecular weight excluding hydrogens is 238 g/mol. The molecule has 2 unspecified atom stereocenters. The summed E-state index contributed by atoms with van der Waals surface area (Å²) in [5.74, 6) is -1.73. The highest BCUT2D eigenvalue weighted by Gasteiger charge is 2.19. The summed E-state index contributed by atoms with van der Waals surface area (Å²) in [5, 5.41) is 9.90. The quantitative estimate of drug-likeness (QED) is 0.897. The molecule has 1 N–H and O–H groups in total. The van der Waals surface area contributed by atoms with Crippen molar-refractivity contribution in [2.75, 3.05) is 6.61 Å². The number of hydrogen-bond acceptors (Lipinski definition) is 2. The maximum atomic E-state index is 13.4. The number of benzene rings is 1. The van der Waals surface area contributed by atoms with Crippen LogP contribution in [0, 0.1) is 11.6 Å². The van der Waals surface area contributed by atoms with Crippen molar-refractivity contribution in [2.24, 2.45) is 0 Å². The molecule has 0 bridgehead atoms. The molecule has 0 radical (unpaired) electrons. The minimum Gasteiger partial charge on any atom is -0.393 e. The lowest BCUT2D eigenvalue weighted by Gasteiger charge is -2.24. The van der Waals surface area contributed by atoms with E-state index in [-0.39, 0.29) is 18.1 Å². The second-order valence-corrected chi connectivity index (χ2v) is 4.80. The summed E-state index contributed by atoms with van der Waals surface area (Å²) in [7, 11) is 0. The van der Waals surface area contributed by atoms with Crippen LogP contribution in [0.4, 0.5) is 8.78 Å². The Morgan fingerprint density at radius 3 is 2.89 bits per heavy atom. The molecule has 18 heavy (non-hydrogen) atoms. The predicted molar refractivity (Wildman–Crippen MR) is 64.3 cm³/mol. The minimum atomic E-state index is -0.867. The van der Waals surface area contributed by atoms with Crippen LogP contribution >= 0.6 is 0 Å². The third-order valence-electron chi connectivity index (χ3n) is 3.30. The van der Waals surface area contributed by atoms with Crippen LogP contribution in [0.2, 0.25) is 0 Å². The van der Waals surface area contributed by atoms with Gasteiger partial charge in [-0.05, 0) is 37.3 Å². The summed E-state index contributed by atoms with van der Waals surface area (Å²) in [4.78, 5) is 0. The smallest absolute Gasteiger partial charge is 0.162 e. The number of rotatable bonds is 4. The van der Waals surface area contributed by atoms with Crippen LogP contribution in [-0.4, -0.2) is 23.9 Å². The SMILES string of the molecule is OC(Cc1cccc(F)c1F)CC1CCCCO1. The second-order valence-electron chi connectivity index (χ2n) is 4.80. The van der Waals surface area contributed by atoms with E-state index in [1.54, 1.807) is 0 Å². The van der Waals surface area contributed by atoms with Gasteiger partial charge in [0.1, 0.15) is 0 Å². The molecule has 0 saturated carbocycles. The zero-order valence-corrected chi connectivity index (χ0v) is 10.2. The topological polar surface area (TPSA) is 29.5 Å². The van der Waals surface area contributed by atoms with E-state index in [9.17, 15) is 13.9 Å². The van der Waals surface area contributed by atoms with Gasteiger partial charge in [-0.25, -0.2) is 8.78 Å². The molecule has 2 nitrogen and oxygen atoms in total. The molecule has 1 aliphatic heterocycles. The van der Waals surface area contributed by atoms with Gasteiger partial charge in [-0.3, -0.25) is 0 Å². The van der Waals surface area contributed by atoms with E-state index in [2.05, 4.69) is 0 Å². The van der Waals surface area contributed by atoms with Crippen LogP contribution in [-0.2, 0) is 11.2 Å². The van der Waals surface area contributed by atoms with Crippen LogP contribution in [0.3, 0.4) is 0 Å². The van der Waals surface area contributed by atoms with Gasteiger partial charge >= 0.3 is 0 Å². The summed E-state index contributed by atoms with van der Waals surface area (Å²) in [6, 6.07) is 4.04. The first-order valence-electron chi connectivity index (χ1n) is 6.39. The maximum absolute atomic E-state index is 13.4. The lowest BCUT2D eigenvalue weighted by molar-refractivity contribution is -0.0149. The van der Waals surface area contributed by atoms with E-state index < -0.39 is 17.7 Å². The zero-order chi connectivity index (χ0) is 13.0. The van der Waals surface area contributed by atoms with Gasteiger partial charge in [0.05, 0.1) is 12.2 Å². The van der Waals surface area contributed by atoms with Crippen LogP contribution < -0.4 is 0 Å². The lowest BCUT2D eigenvalue weighted by atomic mass is 9.98. The number of aliphatic hydroxyl groups excluding tert-OH is 1. The fourth-order valence-corrected chi connectivity index (χ4v) is 2.34. The first-order chi connectivity index (χ1) is 8.66. The summed E-state index contributed by atoms with van der Waals surface area (Å²) in [6.45, 7) is 0.728. The molecule has 0 aromatic heterocycles. The Labute approximate surface area is 106 Å². The number of ether oxygens (including phenoxy) is 1. The molecule has 2 atom stereocenters. The third kappa shape index (κ3) is 3.50. The molecule has 4 heteroatoms. The number of hydrogen-bond donors (Lipinski definition) is 1. The lowest BCUT2D eigenvalue weighted by Crippen LogP contribution is -2.26. The Hall–Kier alpha value is -1.00. The van der Waals surface area contributed by atoms with E-state index in [0.717, 1.165) is 31.9 Å². The Bertz CT molecular complexity index is 389. The van der Waals surface area contributed by atoms with Crippen molar-refractivity contribution >= 4 is 0 Å². The van der Waals surface area contributed by atoms with Crippen LogP contribution in [0.5, 0.6) is 0 Å². The van der Waals surface area contributed by atoms with E-state index >= 15 is 0 Å². The molecule has 0 spiro atoms. The van der Waals surface area contributed by atoms with Gasteiger partial charge < -0.3 is 9.84 Å². The van der Waals surface area contributed by atoms with Crippen molar-refractivity contribution in [3.63, 3.8) is 0 Å².